The molecule has 0 radical (unpaired) electrons. The molecule has 2 rings (SSSR count). The molecule has 2 aromatic rings. The molecule has 0 aromatic carbocycles. The van der Waals surface area contributed by atoms with E-state index in [1.807, 2.05) is 57.2 Å². The molecule has 0 fully saturated rings. The quantitative estimate of drug-likeness (QED) is 0.808. The number of rotatable bonds is 4. The molecule has 0 atom stereocenters. The van der Waals surface area contributed by atoms with Crippen molar-refractivity contribution in [1.82, 2.24) is 9.97 Å². The van der Waals surface area contributed by atoms with Crippen molar-refractivity contribution < 1.29 is 9.53 Å². The molecule has 0 N–H and O–H groups in total. The maximum absolute atomic E-state index is 12.1. The zero-order valence-electron chi connectivity index (χ0n) is 12.5. The van der Waals surface area contributed by atoms with E-state index < -0.39 is 5.60 Å². The minimum Gasteiger partial charge on any atom is -0.459 e. The van der Waals surface area contributed by atoms with E-state index in [1.54, 1.807) is 17.3 Å². The Hall–Kier alpha value is -2.43. The predicted molar refractivity (Wildman–Crippen MR) is 81.3 cm³/mol. The van der Waals surface area contributed by atoms with Gasteiger partial charge >= 0.3 is 5.97 Å². The third-order valence-corrected chi connectivity index (χ3v) is 2.56. The highest BCUT2D eigenvalue weighted by Crippen LogP contribution is 2.21. The van der Waals surface area contributed by atoms with Crippen LogP contribution in [0.2, 0.25) is 0 Å². The third kappa shape index (κ3) is 4.56. The highest BCUT2D eigenvalue weighted by Gasteiger charge is 2.21. The summed E-state index contributed by atoms with van der Waals surface area (Å²) in [6, 6.07) is 11.1. The van der Waals surface area contributed by atoms with Crippen LogP contribution < -0.4 is 4.90 Å². The van der Waals surface area contributed by atoms with E-state index >= 15 is 0 Å². The van der Waals surface area contributed by atoms with Crippen LogP contribution in [0.25, 0.3) is 0 Å². The molecule has 0 spiro atoms. The molecule has 5 nitrogen and oxygen atoms in total. The summed E-state index contributed by atoms with van der Waals surface area (Å²) in [5, 5.41) is 0. The Kier molecular flexibility index (Phi) is 4.52. The van der Waals surface area contributed by atoms with Gasteiger partial charge in [0.15, 0.2) is 0 Å². The second-order valence-electron chi connectivity index (χ2n) is 5.55. The lowest BCUT2D eigenvalue weighted by Gasteiger charge is -2.25. The summed E-state index contributed by atoms with van der Waals surface area (Å²) in [6.45, 7) is 5.59. The molecular weight excluding hydrogens is 266 g/mol. The lowest BCUT2D eigenvalue weighted by Crippen LogP contribution is -2.33. The number of ether oxygens (including phenoxy) is 1. The summed E-state index contributed by atoms with van der Waals surface area (Å²) in [4.78, 5) is 22.4. The standard InChI is InChI=1S/C16H19N3O2/c1-16(2,3)21-15(20)12-19(13-8-4-6-10-17-13)14-9-5-7-11-18-14/h4-11H,12H2,1-3H3. The first-order valence-electron chi connectivity index (χ1n) is 6.77. The third-order valence-electron chi connectivity index (χ3n) is 2.56. The van der Waals surface area contributed by atoms with Crippen molar-refractivity contribution in [2.45, 2.75) is 26.4 Å². The predicted octanol–water partition coefficient (Wildman–Crippen LogP) is 2.96. The lowest BCUT2D eigenvalue weighted by molar-refractivity contribution is -0.152. The van der Waals surface area contributed by atoms with Crippen LogP contribution in [0.15, 0.2) is 48.8 Å². The Morgan fingerprint density at radius 2 is 1.57 bits per heavy atom. The minimum absolute atomic E-state index is 0.0608. The Morgan fingerprint density at radius 1 is 1.05 bits per heavy atom. The van der Waals surface area contributed by atoms with Gasteiger partial charge in [-0.25, -0.2) is 9.97 Å². The number of nitrogens with zero attached hydrogens (tertiary/aromatic N) is 3. The normalized spacial score (nSPS) is 11.0. The van der Waals surface area contributed by atoms with E-state index in [4.69, 9.17) is 4.74 Å². The van der Waals surface area contributed by atoms with Gasteiger partial charge in [0.2, 0.25) is 0 Å². The van der Waals surface area contributed by atoms with E-state index in [-0.39, 0.29) is 12.5 Å². The molecule has 0 bridgehead atoms. The van der Waals surface area contributed by atoms with Crippen LogP contribution in [-0.2, 0) is 9.53 Å². The first kappa shape index (κ1) is 15.0. The molecule has 2 aromatic heterocycles. The zero-order valence-corrected chi connectivity index (χ0v) is 12.5. The Morgan fingerprint density at radius 3 is 1.95 bits per heavy atom. The molecular formula is C16H19N3O2. The SMILES string of the molecule is CC(C)(C)OC(=O)CN(c1ccccn1)c1ccccn1. The van der Waals surface area contributed by atoms with Crippen molar-refractivity contribution in [2.24, 2.45) is 0 Å². The fourth-order valence-corrected chi connectivity index (χ4v) is 1.81. The molecule has 0 saturated carbocycles. The van der Waals surface area contributed by atoms with E-state index in [1.165, 1.54) is 0 Å². The molecule has 0 aliphatic rings. The number of esters is 1. The molecule has 0 amide bonds. The van der Waals surface area contributed by atoms with E-state index in [2.05, 4.69) is 9.97 Å². The number of pyridine rings is 2. The number of hydrogen-bond donors (Lipinski definition) is 0. The van der Waals surface area contributed by atoms with Gasteiger partial charge < -0.3 is 4.74 Å². The van der Waals surface area contributed by atoms with Crippen LogP contribution in [0.1, 0.15) is 20.8 Å². The number of hydrogen-bond acceptors (Lipinski definition) is 5. The topological polar surface area (TPSA) is 55.3 Å². The second-order valence-corrected chi connectivity index (χ2v) is 5.55. The Bertz CT molecular complexity index is 540. The van der Waals surface area contributed by atoms with Crippen LogP contribution in [0.3, 0.4) is 0 Å². The Balaban J connectivity index is 2.24. The Labute approximate surface area is 124 Å². The first-order chi connectivity index (χ1) is 9.96. The molecule has 2 heterocycles. The zero-order chi connectivity index (χ0) is 15.3. The van der Waals surface area contributed by atoms with Crippen molar-refractivity contribution in [3.8, 4) is 0 Å². The van der Waals surface area contributed by atoms with Gasteiger partial charge in [-0.3, -0.25) is 9.69 Å². The van der Waals surface area contributed by atoms with E-state index in [0.717, 1.165) is 0 Å². The molecule has 0 saturated heterocycles. The fraction of sp³-hybridized carbons (Fsp3) is 0.312. The molecule has 0 aliphatic carbocycles. The van der Waals surface area contributed by atoms with Crippen LogP contribution in [0, 0.1) is 0 Å². The summed E-state index contributed by atoms with van der Waals surface area (Å²) < 4.78 is 5.38. The summed E-state index contributed by atoms with van der Waals surface area (Å²) in [5.41, 5.74) is -0.517. The molecule has 0 aliphatic heterocycles. The van der Waals surface area contributed by atoms with E-state index in [9.17, 15) is 4.79 Å². The average Bonchev–Trinajstić information content (AvgIpc) is 2.45. The van der Waals surface area contributed by atoms with Crippen LogP contribution >= 0.6 is 0 Å². The van der Waals surface area contributed by atoms with Gasteiger partial charge in [-0.2, -0.15) is 0 Å². The van der Waals surface area contributed by atoms with Crippen LogP contribution in [0.5, 0.6) is 0 Å². The maximum Gasteiger partial charge on any atom is 0.326 e. The number of aromatic nitrogens is 2. The van der Waals surface area contributed by atoms with Gasteiger partial charge in [-0.15, -0.1) is 0 Å². The second kappa shape index (κ2) is 6.35. The van der Waals surface area contributed by atoms with Gasteiger partial charge in [0.25, 0.3) is 0 Å². The number of carbonyl (C=O) groups excluding carboxylic acids is 1. The van der Waals surface area contributed by atoms with Crippen molar-refractivity contribution in [3.05, 3.63) is 48.8 Å². The fourth-order valence-electron chi connectivity index (χ4n) is 1.81. The summed E-state index contributed by atoms with van der Waals surface area (Å²) >= 11 is 0. The molecule has 110 valence electrons. The van der Waals surface area contributed by atoms with Crippen molar-refractivity contribution >= 4 is 17.6 Å². The van der Waals surface area contributed by atoms with E-state index in [0.29, 0.717) is 11.6 Å². The van der Waals surface area contributed by atoms with Gasteiger partial charge in [0, 0.05) is 12.4 Å². The van der Waals surface area contributed by atoms with Crippen LogP contribution in [-0.4, -0.2) is 28.1 Å². The molecule has 0 unspecified atom stereocenters. The number of carbonyl (C=O) groups is 1. The smallest absolute Gasteiger partial charge is 0.326 e. The van der Waals surface area contributed by atoms with Crippen molar-refractivity contribution in [1.29, 1.82) is 0 Å². The highest BCUT2D eigenvalue weighted by molar-refractivity contribution is 5.78. The molecule has 21 heavy (non-hydrogen) atoms. The first-order valence-corrected chi connectivity index (χ1v) is 6.77. The summed E-state index contributed by atoms with van der Waals surface area (Å²) in [6.07, 6.45) is 3.36. The van der Waals surface area contributed by atoms with Gasteiger partial charge in [0.05, 0.1) is 0 Å². The van der Waals surface area contributed by atoms with Crippen LogP contribution in [0.4, 0.5) is 11.6 Å². The summed E-state index contributed by atoms with van der Waals surface area (Å²) in [5.74, 6) is 0.989. The number of anilines is 2. The van der Waals surface area contributed by atoms with Gasteiger partial charge in [-0.1, -0.05) is 12.1 Å². The highest BCUT2D eigenvalue weighted by atomic mass is 16.6. The monoisotopic (exact) mass is 285 g/mol. The summed E-state index contributed by atoms with van der Waals surface area (Å²) in [7, 11) is 0. The largest absolute Gasteiger partial charge is 0.459 e. The molecule has 5 heteroatoms. The lowest BCUT2D eigenvalue weighted by atomic mass is 10.2. The van der Waals surface area contributed by atoms with Gasteiger partial charge in [0.1, 0.15) is 23.8 Å². The van der Waals surface area contributed by atoms with Crippen molar-refractivity contribution in [3.63, 3.8) is 0 Å². The average molecular weight is 285 g/mol. The van der Waals surface area contributed by atoms with Gasteiger partial charge in [-0.05, 0) is 45.0 Å². The minimum atomic E-state index is -0.517. The van der Waals surface area contributed by atoms with Crippen molar-refractivity contribution in [2.75, 3.05) is 11.4 Å². The maximum atomic E-state index is 12.1.